The van der Waals surface area contributed by atoms with Crippen molar-refractivity contribution in [3.8, 4) is 0 Å². The number of hydrogen-bond acceptors (Lipinski definition) is 2. The van der Waals surface area contributed by atoms with Crippen molar-refractivity contribution in [3.63, 3.8) is 0 Å². The first-order chi connectivity index (χ1) is 19.7. The SMILES string of the molecule is O=C1c2cccc3c2C(C=CC3)C(=O)N1c1ccc(C(c2ccccc2)(c2ccccc2)c2ccccc2)cc1. The number of anilines is 1. The maximum atomic E-state index is 13.7. The zero-order valence-electron chi connectivity index (χ0n) is 21.9. The zero-order chi connectivity index (χ0) is 27.1. The van der Waals surface area contributed by atoms with E-state index in [1.54, 1.807) is 0 Å². The summed E-state index contributed by atoms with van der Waals surface area (Å²) in [4.78, 5) is 28.8. The molecule has 40 heavy (non-hydrogen) atoms. The molecule has 0 spiro atoms. The van der Waals surface area contributed by atoms with Crippen molar-refractivity contribution in [3.05, 3.63) is 185 Å². The van der Waals surface area contributed by atoms with Crippen molar-refractivity contribution in [2.24, 2.45) is 0 Å². The van der Waals surface area contributed by atoms with Crippen molar-refractivity contribution in [1.82, 2.24) is 0 Å². The molecule has 3 nitrogen and oxygen atoms in total. The topological polar surface area (TPSA) is 37.4 Å². The molecule has 1 heterocycles. The van der Waals surface area contributed by atoms with E-state index in [0.717, 1.165) is 39.8 Å². The summed E-state index contributed by atoms with van der Waals surface area (Å²) in [5.74, 6) is -0.898. The molecule has 0 bridgehead atoms. The van der Waals surface area contributed by atoms with Crippen LogP contribution in [0, 0.1) is 0 Å². The third-order valence-electron chi connectivity index (χ3n) is 8.27. The maximum Gasteiger partial charge on any atom is 0.265 e. The van der Waals surface area contributed by atoms with Gasteiger partial charge in [-0.25, -0.2) is 4.90 Å². The van der Waals surface area contributed by atoms with E-state index in [2.05, 4.69) is 84.9 Å². The van der Waals surface area contributed by atoms with Crippen LogP contribution in [0.1, 0.15) is 49.7 Å². The molecule has 0 aromatic heterocycles. The van der Waals surface area contributed by atoms with Gasteiger partial charge in [0.1, 0.15) is 0 Å². The number of nitrogens with zero attached hydrogens (tertiary/aromatic N) is 1. The molecule has 0 radical (unpaired) electrons. The quantitative estimate of drug-likeness (QED) is 0.138. The van der Waals surface area contributed by atoms with Gasteiger partial charge < -0.3 is 0 Å². The minimum Gasteiger partial charge on any atom is -0.273 e. The molecule has 1 aliphatic carbocycles. The fourth-order valence-electron chi connectivity index (χ4n) is 6.51. The van der Waals surface area contributed by atoms with Crippen LogP contribution in [0.15, 0.2) is 146 Å². The average Bonchev–Trinajstić information content (AvgIpc) is 3.02. The molecular weight excluding hydrogens is 490 g/mol. The smallest absolute Gasteiger partial charge is 0.265 e. The molecular formula is C37H27NO2. The molecule has 1 unspecified atom stereocenters. The average molecular weight is 518 g/mol. The first-order valence-electron chi connectivity index (χ1n) is 13.6. The van der Waals surface area contributed by atoms with E-state index in [1.165, 1.54) is 4.90 Å². The number of amides is 2. The monoisotopic (exact) mass is 517 g/mol. The highest BCUT2D eigenvalue weighted by atomic mass is 16.2. The van der Waals surface area contributed by atoms with Gasteiger partial charge in [-0.3, -0.25) is 9.59 Å². The number of carbonyl (C=O) groups excluding carboxylic acids is 2. The number of carbonyl (C=O) groups is 2. The van der Waals surface area contributed by atoms with Crippen LogP contribution in [-0.2, 0) is 16.6 Å². The van der Waals surface area contributed by atoms with E-state index in [9.17, 15) is 9.59 Å². The highest BCUT2D eigenvalue weighted by Gasteiger charge is 2.42. The summed E-state index contributed by atoms with van der Waals surface area (Å²) in [6.07, 6.45) is 4.71. The van der Waals surface area contributed by atoms with E-state index in [1.807, 2.05) is 60.7 Å². The first-order valence-corrected chi connectivity index (χ1v) is 13.6. The molecule has 2 amide bonds. The van der Waals surface area contributed by atoms with Gasteiger partial charge in [-0.1, -0.05) is 127 Å². The van der Waals surface area contributed by atoms with Crippen LogP contribution >= 0.6 is 0 Å². The van der Waals surface area contributed by atoms with Gasteiger partial charge in [-0.15, -0.1) is 0 Å². The standard InChI is InChI=1S/C37H27NO2/c39-35-32-20-10-12-26-13-11-21-33(34(26)32)36(40)38(35)31-24-22-30(23-25-31)37(27-14-4-1-5-15-27,28-16-6-2-7-17-28)29-18-8-3-9-19-29/h1-12,14-25,33H,13H2. The molecule has 0 saturated carbocycles. The van der Waals surface area contributed by atoms with Gasteiger partial charge in [0.15, 0.2) is 0 Å². The van der Waals surface area contributed by atoms with E-state index in [4.69, 9.17) is 0 Å². The van der Waals surface area contributed by atoms with E-state index < -0.39 is 11.3 Å². The van der Waals surface area contributed by atoms with Gasteiger partial charge in [0, 0.05) is 5.56 Å². The van der Waals surface area contributed by atoms with Crippen molar-refractivity contribution in [1.29, 1.82) is 0 Å². The Hall–Kier alpha value is -5.02. The highest BCUT2D eigenvalue weighted by Crippen LogP contribution is 2.46. The predicted molar refractivity (Wildman–Crippen MR) is 159 cm³/mol. The highest BCUT2D eigenvalue weighted by molar-refractivity contribution is 6.26. The van der Waals surface area contributed by atoms with E-state index >= 15 is 0 Å². The van der Waals surface area contributed by atoms with Crippen molar-refractivity contribution >= 4 is 17.5 Å². The Bertz CT molecular complexity index is 1640. The van der Waals surface area contributed by atoms with Crippen molar-refractivity contribution in [2.75, 3.05) is 4.90 Å². The molecule has 3 heteroatoms. The van der Waals surface area contributed by atoms with Crippen molar-refractivity contribution < 1.29 is 9.59 Å². The Labute approximate surface area is 234 Å². The second-order valence-corrected chi connectivity index (χ2v) is 10.4. The minimum atomic E-state index is -0.591. The van der Waals surface area contributed by atoms with Crippen LogP contribution in [0.25, 0.3) is 0 Å². The Kier molecular flexibility index (Phi) is 5.78. The second-order valence-electron chi connectivity index (χ2n) is 10.4. The molecule has 2 aliphatic rings. The van der Waals surface area contributed by atoms with Gasteiger partial charge in [0.2, 0.25) is 5.91 Å². The van der Waals surface area contributed by atoms with Crippen LogP contribution < -0.4 is 4.90 Å². The maximum absolute atomic E-state index is 13.7. The summed E-state index contributed by atoms with van der Waals surface area (Å²) in [5.41, 5.74) is 6.99. The second kappa shape index (κ2) is 9.62. The zero-order valence-corrected chi connectivity index (χ0v) is 21.9. The molecule has 192 valence electrons. The molecule has 0 N–H and O–H groups in total. The normalized spacial score (nSPS) is 16.1. The Morgan fingerprint density at radius 2 is 1.10 bits per heavy atom. The fraction of sp³-hybridized carbons (Fsp3) is 0.0811. The third kappa shape index (κ3) is 3.59. The van der Waals surface area contributed by atoms with Crippen LogP contribution in [0.3, 0.4) is 0 Å². The van der Waals surface area contributed by atoms with Crippen LogP contribution in [0.2, 0.25) is 0 Å². The molecule has 5 aromatic carbocycles. The summed E-state index contributed by atoms with van der Waals surface area (Å²) in [6.45, 7) is 0. The molecule has 7 rings (SSSR count). The summed E-state index contributed by atoms with van der Waals surface area (Å²) in [5, 5.41) is 0. The number of allylic oxidation sites excluding steroid dienone is 1. The summed E-state index contributed by atoms with van der Waals surface area (Å²) >= 11 is 0. The lowest BCUT2D eigenvalue weighted by Crippen LogP contribution is -2.45. The number of benzene rings is 5. The summed E-state index contributed by atoms with van der Waals surface area (Å²) in [7, 11) is 0. The minimum absolute atomic E-state index is 0.200. The Morgan fingerprint density at radius 3 is 1.65 bits per heavy atom. The van der Waals surface area contributed by atoms with Gasteiger partial charge in [-0.05, 0) is 58.0 Å². The van der Waals surface area contributed by atoms with Crippen molar-refractivity contribution in [2.45, 2.75) is 17.8 Å². The lowest BCUT2D eigenvalue weighted by molar-refractivity contribution is -0.118. The lowest BCUT2D eigenvalue weighted by atomic mass is 9.65. The first kappa shape index (κ1) is 24.1. The van der Waals surface area contributed by atoms with Crippen LogP contribution in [0.5, 0.6) is 0 Å². The number of rotatable bonds is 5. The van der Waals surface area contributed by atoms with Gasteiger partial charge in [-0.2, -0.15) is 0 Å². The predicted octanol–water partition coefficient (Wildman–Crippen LogP) is 7.45. The molecule has 5 aromatic rings. The van der Waals surface area contributed by atoms with E-state index in [0.29, 0.717) is 11.3 Å². The molecule has 1 aliphatic heterocycles. The fourth-order valence-corrected chi connectivity index (χ4v) is 6.51. The molecule has 0 saturated heterocycles. The number of imide groups is 1. The van der Waals surface area contributed by atoms with Crippen LogP contribution in [-0.4, -0.2) is 11.8 Å². The largest absolute Gasteiger partial charge is 0.273 e. The van der Waals surface area contributed by atoms with Gasteiger partial charge in [0.25, 0.3) is 5.91 Å². The van der Waals surface area contributed by atoms with Crippen LogP contribution in [0.4, 0.5) is 5.69 Å². The Morgan fingerprint density at radius 1 is 0.575 bits per heavy atom. The summed E-state index contributed by atoms with van der Waals surface area (Å²) in [6, 6.07) is 45.2. The van der Waals surface area contributed by atoms with E-state index in [-0.39, 0.29) is 11.8 Å². The third-order valence-corrected chi connectivity index (χ3v) is 8.27. The number of hydrogen-bond donors (Lipinski definition) is 0. The lowest BCUT2D eigenvalue weighted by Gasteiger charge is -2.37. The van der Waals surface area contributed by atoms with Gasteiger partial charge >= 0.3 is 0 Å². The van der Waals surface area contributed by atoms with Gasteiger partial charge in [0.05, 0.1) is 17.0 Å². The molecule has 0 fully saturated rings. The Balaban J connectivity index is 1.39. The molecule has 1 atom stereocenters. The summed E-state index contributed by atoms with van der Waals surface area (Å²) < 4.78 is 0.